The molecule has 4 rings (SSSR count). The van der Waals surface area contributed by atoms with Gasteiger partial charge in [-0.25, -0.2) is 4.68 Å². The van der Waals surface area contributed by atoms with Crippen LogP contribution in [0.5, 0.6) is 0 Å². The van der Waals surface area contributed by atoms with Crippen molar-refractivity contribution in [3.63, 3.8) is 0 Å². The van der Waals surface area contributed by atoms with Crippen molar-refractivity contribution in [1.82, 2.24) is 19.7 Å². The molecule has 4 heteroatoms. The summed E-state index contributed by atoms with van der Waals surface area (Å²) in [5.41, 5.74) is 4.85. The molecular formula is C17H18N4. The maximum atomic E-state index is 4.63. The summed E-state index contributed by atoms with van der Waals surface area (Å²) in [6.45, 7) is 5.16. The Morgan fingerprint density at radius 2 is 2.05 bits per heavy atom. The number of benzene rings is 1. The fourth-order valence-electron chi connectivity index (χ4n) is 3.04. The van der Waals surface area contributed by atoms with Crippen LogP contribution < -0.4 is 5.32 Å². The van der Waals surface area contributed by atoms with Crippen LogP contribution in [0.2, 0.25) is 0 Å². The van der Waals surface area contributed by atoms with Gasteiger partial charge in [-0.2, -0.15) is 5.10 Å². The average molecular weight is 278 g/mol. The van der Waals surface area contributed by atoms with E-state index >= 15 is 0 Å². The summed E-state index contributed by atoms with van der Waals surface area (Å²) in [7, 11) is 0. The largest absolute Gasteiger partial charge is 0.305 e. The Labute approximate surface area is 124 Å². The molecule has 0 amide bonds. The number of fused-ring (bicyclic) bond motifs is 3. The molecule has 3 heterocycles. The van der Waals surface area contributed by atoms with Gasteiger partial charge in [-0.1, -0.05) is 18.2 Å². The third kappa shape index (κ3) is 1.83. The Morgan fingerprint density at radius 1 is 1.19 bits per heavy atom. The van der Waals surface area contributed by atoms with E-state index in [-0.39, 0.29) is 0 Å². The molecule has 1 aliphatic heterocycles. The van der Waals surface area contributed by atoms with Gasteiger partial charge in [-0.3, -0.25) is 0 Å². The minimum atomic E-state index is 0.331. The lowest BCUT2D eigenvalue weighted by molar-refractivity contribution is 0.567. The zero-order valence-electron chi connectivity index (χ0n) is 12.2. The van der Waals surface area contributed by atoms with Crippen LogP contribution in [0.25, 0.3) is 11.5 Å². The van der Waals surface area contributed by atoms with E-state index in [2.05, 4.69) is 71.4 Å². The highest BCUT2D eigenvalue weighted by Gasteiger charge is 2.22. The van der Waals surface area contributed by atoms with Crippen LogP contribution in [0.1, 0.15) is 29.8 Å². The summed E-state index contributed by atoms with van der Waals surface area (Å²) in [6, 6.07) is 13.0. The fourth-order valence-corrected chi connectivity index (χ4v) is 3.04. The molecule has 0 radical (unpaired) electrons. The molecule has 1 atom stereocenters. The van der Waals surface area contributed by atoms with Gasteiger partial charge in [0.25, 0.3) is 0 Å². The van der Waals surface area contributed by atoms with Gasteiger partial charge in [-0.05, 0) is 37.6 Å². The van der Waals surface area contributed by atoms with Gasteiger partial charge in [0.1, 0.15) is 5.82 Å². The number of nitrogens with zero attached hydrogens (tertiary/aromatic N) is 3. The molecule has 1 unspecified atom stereocenters. The summed E-state index contributed by atoms with van der Waals surface area (Å²) >= 11 is 0. The first kappa shape index (κ1) is 12.4. The second-order valence-corrected chi connectivity index (χ2v) is 5.60. The van der Waals surface area contributed by atoms with Crippen molar-refractivity contribution in [3.8, 4) is 11.5 Å². The van der Waals surface area contributed by atoms with Crippen molar-refractivity contribution in [2.45, 2.75) is 26.4 Å². The van der Waals surface area contributed by atoms with E-state index in [4.69, 9.17) is 0 Å². The quantitative estimate of drug-likeness (QED) is 0.742. The molecule has 0 saturated carbocycles. The first-order valence-electron chi connectivity index (χ1n) is 7.29. The standard InChI is InChI=1S/C17H18N4/c1-12-6-3-4-7-15(12)21-17-14(11-19-21)10-18-13(2)16-8-5-9-20(16)17/h3-9,11,13,18H,10H2,1-2H3. The monoisotopic (exact) mass is 278 g/mol. The number of para-hydroxylation sites is 1. The highest BCUT2D eigenvalue weighted by molar-refractivity contribution is 5.48. The Balaban J connectivity index is 1.99. The Kier molecular flexibility index (Phi) is 2.72. The third-order valence-corrected chi connectivity index (χ3v) is 4.21. The van der Waals surface area contributed by atoms with Gasteiger partial charge in [0, 0.05) is 30.0 Å². The Morgan fingerprint density at radius 3 is 2.90 bits per heavy atom. The first-order valence-corrected chi connectivity index (χ1v) is 7.29. The third-order valence-electron chi connectivity index (χ3n) is 4.21. The molecule has 1 aromatic carbocycles. The van der Waals surface area contributed by atoms with Gasteiger partial charge in [-0.15, -0.1) is 0 Å². The second-order valence-electron chi connectivity index (χ2n) is 5.60. The smallest absolute Gasteiger partial charge is 0.145 e. The number of hydrogen-bond donors (Lipinski definition) is 1. The average Bonchev–Trinajstić information content (AvgIpc) is 3.09. The SMILES string of the molecule is Cc1ccccc1-n1ncc2c1-n1cccc1C(C)NC2. The molecule has 21 heavy (non-hydrogen) atoms. The number of aromatic nitrogens is 3. The summed E-state index contributed by atoms with van der Waals surface area (Å²) < 4.78 is 4.30. The molecular weight excluding hydrogens is 260 g/mol. The van der Waals surface area contributed by atoms with Gasteiger partial charge in [0.2, 0.25) is 0 Å². The maximum absolute atomic E-state index is 4.63. The van der Waals surface area contributed by atoms with Crippen LogP contribution in [0, 0.1) is 6.92 Å². The van der Waals surface area contributed by atoms with E-state index < -0.39 is 0 Å². The van der Waals surface area contributed by atoms with E-state index in [9.17, 15) is 0 Å². The van der Waals surface area contributed by atoms with Crippen LogP contribution >= 0.6 is 0 Å². The van der Waals surface area contributed by atoms with Gasteiger partial charge >= 0.3 is 0 Å². The van der Waals surface area contributed by atoms with E-state index in [1.54, 1.807) is 0 Å². The Hall–Kier alpha value is -2.33. The van der Waals surface area contributed by atoms with Crippen molar-refractivity contribution < 1.29 is 0 Å². The Bertz CT molecular complexity index is 797. The highest BCUT2D eigenvalue weighted by Crippen LogP contribution is 2.28. The molecule has 106 valence electrons. The predicted octanol–water partition coefficient (Wildman–Crippen LogP) is 3.14. The van der Waals surface area contributed by atoms with E-state index in [1.165, 1.54) is 16.8 Å². The molecule has 1 N–H and O–H groups in total. The van der Waals surface area contributed by atoms with Crippen molar-refractivity contribution in [2.24, 2.45) is 0 Å². The number of nitrogens with one attached hydrogen (secondary N) is 1. The second kappa shape index (κ2) is 4.60. The topological polar surface area (TPSA) is 34.8 Å². The van der Waals surface area contributed by atoms with Crippen molar-refractivity contribution in [3.05, 3.63) is 65.6 Å². The van der Waals surface area contributed by atoms with Gasteiger partial charge in [0.15, 0.2) is 0 Å². The van der Waals surface area contributed by atoms with Crippen LogP contribution in [0.15, 0.2) is 48.8 Å². The molecule has 2 aromatic heterocycles. The zero-order valence-corrected chi connectivity index (χ0v) is 12.2. The normalized spacial score (nSPS) is 17.1. The van der Waals surface area contributed by atoms with Crippen LogP contribution in [0.4, 0.5) is 0 Å². The molecule has 0 saturated heterocycles. The number of hydrogen-bond acceptors (Lipinski definition) is 2. The lowest BCUT2D eigenvalue weighted by atomic mass is 10.2. The molecule has 1 aliphatic rings. The molecule has 0 bridgehead atoms. The van der Waals surface area contributed by atoms with Crippen molar-refractivity contribution in [2.75, 3.05) is 0 Å². The maximum Gasteiger partial charge on any atom is 0.145 e. The summed E-state index contributed by atoms with van der Waals surface area (Å²) in [5, 5.41) is 8.18. The van der Waals surface area contributed by atoms with Crippen molar-refractivity contribution in [1.29, 1.82) is 0 Å². The van der Waals surface area contributed by atoms with E-state index in [0.29, 0.717) is 6.04 Å². The zero-order chi connectivity index (χ0) is 14.4. The van der Waals surface area contributed by atoms with Gasteiger partial charge < -0.3 is 9.88 Å². The minimum Gasteiger partial charge on any atom is -0.305 e. The van der Waals surface area contributed by atoms with Crippen LogP contribution in [-0.4, -0.2) is 14.3 Å². The summed E-state index contributed by atoms with van der Waals surface area (Å²) in [5.74, 6) is 1.14. The summed E-state index contributed by atoms with van der Waals surface area (Å²) in [4.78, 5) is 0. The molecule has 0 fully saturated rings. The first-order chi connectivity index (χ1) is 10.3. The van der Waals surface area contributed by atoms with Gasteiger partial charge in [0.05, 0.1) is 11.9 Å². The highest BCUT2D eigenvalue weighted by atomic mass is 15.3. The predicted molar refractivity (Wildman–Crippen MR) is 82.9 cm³/mol. The molecule has 4 nitrogen and oxygen atoms in total. The van der Waals surface area contributed by atoms with E-state index in [1.807, 2.05) is 10.9 Å². The number of rotatable bonds is 1. The van der Waals surface area contributed by atoms with Crippen molar-refractivity contribution >= 4 is 0 Å². The number of aryl methyl sites for hydroxylation is 1. The van der Waals surface area contributed by atoms with Crippen LogP contribution in [0.3, 0.4) is 0 Å². The summed E-state index contributed by atoms with van der Waals surface area (Å²) in [6.07, 6.45) is 4.09. The molecule has 0 spiro atoms. The van der Waals surface area contributed by atoms with E-state index in [0.717, 1.165) is 18.1 Å². The minimum absolute atomic E-state index is 0.331. The van der Waals surface area contributed by atoms with Crippen LogP contribution in [-0.2, 0) is 6.54 Å². The lowest BCUT2D eigenvalue weighted by Crippen LogP contribution is -2.16. The molecule has 0 aliphatic carbocycles. The molecule has 3 aromatic rings. The fraction of sp³-hybridized carbons (Fsp3) is 0.235. The lowest BCUT2D eigenvalue weighted by Gasteiger charge is -2.15.